The zero-order valence-electron chi connectivity index (χ0n) is 8.69. The summed E-state index contributed by atoms with van der Waals surface area (Å²) in [6.07, 6.45) is 1.53. The lowest BCUT2D eigenvalue weighted by molar-refractivity contribution is -0.144. The third kappa shape index (κ3) is 9.67. The highest BCUT2D eigenvalue weighted by atomic mass is 32.2. The highest BCUT2D eigenvalue weighted by Crippen LogP contribution is 2.00. The molecule has 0 aliphatic carbocycles. The summed E-state index contributed by atoms with van der Waals surface area (Å²) in [5.74, 6) is 0.364. The fraction of sp³-hybridized carbons (Fsp3) is 0.889. The standard InChI is InChI=1S/C9H18O4S/c1-8(2)7-13-9(10)5-3-4-6-14(11)12/h8H,3-7H2,1-2H3,(H,11,12). The van der Waals surface area contributed by atoms with Gasteiger partial charge in [0.2, 0.25) is 0 Å². The van der Waals surface area contributed by atoms with Crippen molar-refractivity contribution in [2.45, 2.75) is 33.1 Å². The van der Waals surface area contributed by atoms with Gasteiger partial charge in [0.05, 0.1) is 6.61 Å². The molecule has 0 saturated heterocycles. The van der Waals surface area contributed by atoms with Crippen LogP contribution in [0.5, 0.6) is 0 Å². The minimum Gasteiger partial charge on any atom is -0.465 e. The zero-order chi connectivity index (χ0) is 11.0. The Balaban J connectivity index is 3.31. The molecular formula is C9H18O4S. The molecule has 0 radical (unpaired) electrons. The van der Waals surface area contributed by atoms with Gasteiger partial charge < -0.3 is 9.29 Å². The van der Waals surface area contributed by atoms with Crippen LogP contribution in [0.25, 0.3) is 0 Å². The highest BCUT2D eigenvalue weighted by Gasteiger charge is 2.04. The van der Waals surface area contributed by atoms with Crippen molar-refractivity contribution in [3.63, 3.8) is 0 Å². The SMILES string of the molecule is CC(C)COC(=O)CCCCS(=O)O. The summed E-state index contributed by atoms with van der Waals surface area (Å²) < 4.78 is 23.6. The predicted octanol–water partition coefficient (Wildman–Crippen LogP) is 1.58. The predicted molar refractivity (Wildman–Crippen MR) is 55.3 cm³/mol. The maximum atomic E-state index is 11.0. The Bertz CT molecular complexity index is 191. The van der Waals surface area contributed by atoms with E-state index in [1.807, 2.05) is 13.8 Å². The molecule has 0 amide bonds. The lowest BCUT2D eigenvalue weighted by atomic mass is 10.2. The Morgan fingerprint density at radius 1 is 1.43 bits per heavy atom. The highest BCUT2D eigenvalue weighted by molar-refractivity contribution is 7.79. The summed E-state index contributed by atoms with van der Waals surface area (Å²) >= 11 is -1.74. The van der Waals surface area contributed by atoms with Crippen LogP contribution in [0.15, 0.2) is 0 Å². The first-order chi connectivity index (χ1) is 6.52. The Hall–Kier alpha value is -0.420. The van der Waals surface area contributed by atoms with Crippen molar-refractivity contribution in [2.24, 2.45) is 5.92 Å². The van der Waals surface area contributed by atoms with Crippen molar-refractivity contribution < 1.29 is 18.3 Å². The third-order valence-corrected chi connectivity index (χ3v) is 2.17. The summed E-state index contributed by atoms with van der Waals surface area (Å²) in [7, 11) is 0. The quantitative estimate of drug-likeness (QED) is 0.403. The fourth-order valence-electron chi connectivity index (χ4n) is 0.827. The molecule has 0 rings (SSSR count). The van der Waals surface area contributed by atoms with Gasteiger partial charge in [-0.05, 0) is 18.8 Å². The van der Waals surface area contributed by atoms with Crippen molar-refractivity contribution in [1.29, 1.82) is 0 Å². The molecule has 1 unspecified atom stereocenters. The molecule has 1 N–H and O–H groups in total. The molecule has 4 nitrogen and oxygen atoms in total. The number of esters is 1. The minimum absolute atomic E-state index is 0.220. The molecule has 1 atom stereocenters. The molecule has 0 aliphatic heterocycles. The molecule has 0 bridgehead atoms. The average molecular weight is 222 g/mol. The van der Waals surface area contributed by atoms with E-state index in [0.29, 0.717) is 31.8 Å². The van der Waals surface area contributed by atoms with Gasteiger partial charge in [-0.2, -0.15) is 0 Å². The summed E-state index contributed by atoms with van der Waals surface area (Å²) in [6.45, 7) is 4.40. The van der Waals surface area contributed by atoms with Gasteiger partial charge >= 0.3 is 5.97 Å². The lowest BCUT2D eigenvalue weighted by Crippen LogP contribution is -2.09. The number of ether oxygens (including phenoxy) is 1. The summed E-state index contributed by atoms with van der Waals surface area (Å²) in [5, 5.41) is 0. The normalized spacial score (nSPS) is 12.9. The molecular weight excluding hydrogens is 204 g/mol. The van der Waals surface area contributed by atoms with E-state index >= 15 is 0 Å². The summed E-state index contributed by atoms with van der Waals surface area (Å²) in [6, 6.07) is 0. The maximum Gasteiger partial charge on any atom is 0.305 e. The molecule has 0 fully saturated rings. The van der Waals surface area contributed by atoms with Crippen LogP contribution in [0.2, 0.25) is 0 Å². The summed E-state index contributed by atoms with van der Waals surface area (Å²) in [4.78, 5) is 11.0. The number of hydrogen-bond donors (Lipinski definition) is 1. The number of unbranched alkanes of at least 4 members (excludes halogenated alkanes) is 1. The van der Waals surface area contributed by atoms with Crippen LogP contribution in [-0.4, -0.2) is 27.1 Å². The van der Waals surface area contributed by atoms with Crippen molar-refractivity contribution in [1.82, 2.24) is 0 Å². The van der Waals surface area contributed by atoms with E-state index in [0.717, 1.165) is 0 Å². The molecule has 0 aromatic rings. The molecule has 0 aromatic carbocycles. The minimum atomic E-state index is -1.74. The number of rotatable bonds is 7. The maximum absolute atomic E-state index is 11.0. The lowest BCUT2D eigenvalue weighted by Gasteiger charge is -2.06. The van der Waals surface area contributed by atoms with Gasteiger partial charge in [-0.15, -0.1) is 0 Å². The van der Waals surface area contributed by atoms with E-state index in [-0.39, 0.29) is 11.7 Å². The molecule has 0 heterocycles. The van der Waals surface area contributed by atoms with Crippen molar-refractivity contribution >= 4 is 17.0 Å². The molecule has 14 heavy (non-hydrogen) atoms. The second-order valence-corrected chi connectivity index (χ2v) is 4.61. The Kier molecular flexibility index (Phi) is 7.70. The Morgan fingerprint density at radius 2 is 2.07 bits per heavy atom. The van der Waals surface area contributed by atoms with Crippen molar-refractivity contribution in [3.8, 4) is 0 Å². The molecule has 0 saturated carbocycles. The molecule has 0 aromatic heterocycles. The van der Waals surface area contributed by atoms with Crippen LogP contribution in [0.4, 0.5) is 0 Å². The first-order valence-corrected chi connectivity index (χ1v) is 6.03. The van der Waals surface area contributed by atoms with Gasteiger partial charge in [-0.25, -0.2) is 4.21 Å². The zero-order valence-corrected chi connectivity index (χ0v) is 9.51. The van der Waals surface area contributed by atoms with Gasteiger partial charge in [0.25, 0.3) is 0 Å². The van der Waals surface area contributed by atoms with E-state index in [1.54, 1.807) is 0 Å². The van der Waals surface area contributed by atoms with Gasteiger partial charge in [0.1, 0.15) is 0 Å². The summed E-state index contributed by atoms with van der Waals surface area (Å²) in [5.41, 5.74) is 0. The van der Waals surface area contributed by atoms with E-state index < -0.39 is 11.1 Å². The molecule has 0 aliphatic rings. The van der Waals surface area contributed by atoms with Crippen LogP contribution in [-0.2, 0) is 20.6 Å². The number of carbonyl (C=O) groups excluding carboxylic acids is 1. The topological polar surface area (TPSA) is 63.6 Å². The number of hydrogen-bond acceptors (Lipinski definition) is 3. The van der Waals surface area contributed by atoms with Crippen LogP contribution in [0, 0.1) is 5.92 Å². The van der Waals surface area contributed by atoms with E-state index in [4.69, 9.17) is 9.29 Å². The third-order valence-electron chi connectivity index (χ3n) is 1.53. The first kappa shape index (κ1) is 13.6. The van der Waals surface area contributed by atoms with Crippen LogP contribution in [0.1, 0.15) is 33.1 Å². The van der Waals surface area contributed by atoms with Gasteiger partial charge in [0, 0.05) is 12.2 Å². The van der Waals surface area contributed by atoms with Crippen LogP contribution in [0.3, 0.4) is 0 Å². The smallest absolute Gasteiger partial charge is 0.305 e. The Labute approximate surface area is 87.3 Å². The van der Waals surface area contributed by atoms with Crippen LogP contribution >= 0.6 is 0 Å². The van der Waals surface area contributed by atoms with Gasteiger partial charge in [-0.3, -0.25) is 4.79 Å². The largest absolute Gasteiger partial charge is 0.465 e. The van der Waals surface area contributed by atoms with E-state index in [9.17, 15) is 9.00 Å². The van der Waals surface area contributed by atoms with Gasteiger partial charge in [-0.1, -0.05) is 13.8 Å². The van der Waals surface area contributed by atoms with E-state index in [2.05, 4.69) is 0 Å². The molecule has 5 heteroatoms. The monoisotopic (exact) mass is 222 g/mol. The van der Waals surface area contributed by atoms with Crippen molar-refractivity contribution in [3.05, 3.63) is 0 Å². The molecule has 0 spiro atoms. The molecule has 84 valence electrons. The van der Waals surface area contributed by atoms with Gasteiger partial charge in [0.15, 0.2) is 11.1 Å². The average Bonchev–Trinajstić information content (AvgIpc) is 2.08. The van der Waals surface area contributed by atoms with Crippen LogP contribution < -0.4 is 0 Å². The number of carbonyl (C=O) groups is 1. The fourth-order valence-corrected chi connectivity index (χ4v) is 1.28. The second kappa shape index (κ2) is 7.94. The van der Waals surface area contributed by atoms with Crippen molar-refractivity contribution in [2.75, 3.05) is 12.4 Å². The second-order valence-electron chi connectivity index (χ2n) is 3.56. The van der Waals surface area contributed by atoms with E-state index in [1.165, 1.54) is 0 Å². The Morgan fingerprint density at radius 3 is 2.57 bits per heavy atom. The first-order valence-electron chi connectivity index (χ1n) is 4.75.